The number of rotatable bonds is 4. The first-order chi connectivity index (χ1) is 14.2. The topological polar surface area (TPSA) is 64.4 Å². The molecule has 5 aromatic rings. The number of nitrogens with zero attached hydrogens (tertiary/aromatic N) is 1. The predicted octanol–water partition coefficient (Wildman–Crippen LogP) is 5.97. The van der Waals surface area contributed by atoms with E-state index in [1.165, 1.54) is 11.3 Å². The van der Waals surface area contributed by atoms with Crippen LogP contribution in [-0.2, 0) is 0 Å². The lowest BCUT2D eigenvalue weighted by Gasteiger charge is -2.03. The van der Waals surface area contributed by atoms with Crippen LogP contribution in [0.1, 0.15) is 10.4 Å². The summed E-state index contributed by atoms with van der Waals surface area (Å²) in [4.78, 5) is 17.1. The molecule has 5 rings (SSSR count). The average molecular weight is 400 g/mol. The number of carbonyl (C=O) groups excluding carboxylic acids is 1. The van der Waals surface area contributed by atoms with Gasteiger partial charge in [0.15, 0.2) is 10.9 Å². The van der Waals surface area contributed by atoms with Gasteiger partial charge >= 0.3 is 0 Å². The van der Waals surface area contributed by atoms with Crippen molar-refractivity contribution < 1.29 is 13.9 Å². The molecule has 29 heavy (non-hydrogen) atoms. The quantitative estimate of drug-likeness (QED) is 0.404. The zero-order valence-corrected chi connectivity index (χ0v) is 16.3. The summed E-state index contributed by atoms with van der Waals surface area (Å²) in [5.41, 5.74) is 2.00. The molecule has 0 aliphatic carbocycles. The molecule has 0 unspecified atom stereocenters. The Hall–Kier alpha value is -3.64. The average Bonchev–Trinajstić information content (AvgIpc) is 3.39. The molecule has 2 aromatic heterocycles. The van der Waals surface area contributed by atoms with Crippen molar-refractivity contribution in [2.24, 2.45) is 0 Å². The van der Waals surface area contributed by atoms with Crippen LogP contribution in [0.4, 0.5) is 5.13 Å². The van der Waals surface area contributed by atoms with Crippen molar-refractivity contribution >= 4 is 44.1 Å². The van der Waals surface area contributed by atoms with E-state index in [9.17, 15) is 4.79 Å². The number of nitrogens with one attached hydrogen (secondary N) is 1. The zero-order chi connectivity index (χ0) is 19.8. The SMILES string of the molecule is COc1ccc2cc(-c3csc(NC(=O)c4ccc5ccccc5c4)n3)oc2c1. The van der Waals surface area contributed by atoms with Crippen LogP contribution < -0.4 is 10.1 Å². The normalized spacial score (nSPS) is 11.1. The molecule has 2 heterocycles. The van der Waals surface area contributed by atoms with Crippen molar-refractivity contribution in [3.63, 3.8) is 0 Å². The summed E-state index contributed by atoms with van der Waals surface area (Å²) in [7, 11) is 1.62. The summed E-state index contributed by atoms with van der Waals surface area (Å²) in [5, 5.41) is 8.36. The van der Waals surface area contributed by atoms with Gasteiger partial charge in [0.05, 0.1) is 7.11 Å². The number of furan rings is 1. The van der Waals surface area contributed by atoms with Crippen molar-refractivity contribution in [2.45, 2.75) is 0 Å². The first-order valence-electron chi connectivity index (χ1n) is 9.03. The number of amides is 1. The van der Waals surface area contributed by atoms with Crippen LogP contribution in [0.5, 0.6) is 5.75 Å². The summed E-state index contributed by atoms with van der Waals surface area (Å²) in [6.45, 7) is 0. The molecule has 1 N–H and O–H groups in total. The highest BCUT2D eigenvalue weighted by Gasteiger charge is 2.13. The molecule has 0 aliphatic rings. The maximum Gasteiger partial charge on any atom is 0.257 e. The molecule has 142 valence electrons. The fraction of sp³-hybridized carbons (Fsp3) is 0.0435. The number of aromatic nitrogens is 1. The third kappa shape index (κ3) is 3.34. The van der Waals surface area contributed by atoms with Gasteiger partial charge in [0.2, 0.25) is 0 Å². The second-order valence-corrected chi connectivity index (χ2v) is 7.43. The van der Waals surface area contributed by atoms with Crippen LogP contribution >= 0.6 is 11.3 Å². The lowest BCUT2D eigenvalue weighted by atomic mass is 10.1. The van der Waals surface area contributed by atoms with Crippen LogP contribution in [0.15, 0.2) is 76.5 Å². The number of hydrogen-bond donors (Lipinski definition) is 1. The number of carbonyl (C=O) groups is 1. The summed E-state index contributed by atoms with van der Waals surface area (Å²) in [5.74, 6) is 1.20. The molecule has 1 amide bonds. The van der Waals surface area contributed by atoms with E-state index in [-0.39, 0.29) is 5.91 Å². The number of methoxy groups -OCH3 is 1. The van der Waals surface area contributed by atoms with Gasteiger partial charge in [-0.3, -0.25) is 10.1 Å². The molecule has 0 bridgehead atoms. The molecule has 6 heteroatoms. The van der Waals surface area contributed by atoms with Crippen LogP contribution in [-0.4, -0.2) is 18.0 Å². The maximum absolute atomic E-state index is 12.6. The van der Waals surface area contributed by atoms with Gasteiger partial charge < -0.3 is 9.15 Å². The monoisotopic (exact) mass is 400 g/mol. The first-order valence-corrected chi connectivity index (χ1v) is 9.91. The Bertz CT molecular complexity index is 1350. The minimum Gasteiger partial charge on any atom is -0.497 e. The standard InChI is InChI=1S/C23H16N2O3S/c1-27-18-9-8-16-11-21(28-20(16)12-18)19-13-29-23(24-19)25-22(26)17-7-6-14-4-2-3-5-15(14)10-17/h2-13H,1H3,(H,24,25,26). The van der Waals surface area contributed by atoms with E-state index in [2.05, 4.69) is 10.3 Å². The maximum atomic E-state index is 12.6. The summed E-state index contributed by atoms with van der Waals surface area (Å²) in [6.07, 6.45) is 0. The van der Waals surface area contributed by atoms with Crippen LogP contribution in [0.3, 0.4) is 0 Å². The van der Waals surface area contributed by atoms with Gasteiger partial charge in [-0.2, -0.15) is 0 Å². The van der Waals surface area contributed by atoms with E-state index in [0.717, 1.165) is 27.5 Å². The number of hydrogen-bond acceptors (Lipinski definition) is 5. The van der Waals surface area contributed by atoms with Gasteiger partial charge in [0.25, 0.3) is 5.91 Å². The lowest BCUT2D eigenvalue weighted by molar-refractivity contribution is 0.102. The fourth-order valence-electron chi connectivity index (χ4n) is 3.21. The highest BCUT2D eigenvalue weighted by atomic mass is 32.1. The largest absolute Gasteiger partial charge is 0.497 e. The lowest BCUT2D eigenvalue weighted by Crippen LogP contribution is -2.11. The van der Waals surface area contributed by atoms with Crippen LogP contribution in [0, 0.1) is 0 Å². The van der Waals surface area contributed by atoms with E-state index in [4.69, 9.17) is 9.15 Å². The molecule has 5 nitrogen and oxygen atoms in total. The van der Waals surface area contributed by atoms with Crippen molar-refractivity contribution in [1.29, 1.82) is 0 Å². The van der Waals surface area contributed by atoms with Gasteiger partial charge in [-0.15, -0.1) is 11.3 Å². The minimum atomic E-state index is -0.189. The van der Waals surface area contributed by atoms with E-state index in [1.54, 1.807) is 7.11 Å². The van der Waals surface area contributed by atoms with Crippen molar-refractivity contribution in [3.8, 4) is 17.2 Å². The predicted molar refractivity (Wildman–Crippen MR) is 116 cm³/mol. The van der Waals surface area contributed by atoms with E-state index >= 15 is 0 Å². The second-order valence-electron chi connectivity index (χ2n) is 6.57. The smallest absolute Gasteiger partial charge is 0.257 e. The van der Waals surface area contributed by atoms with E-state index < -0.39 is 0 Å². The molecule has 0 radical (unpaired) electrons. The highest BCUT2D eigenvalue weighted by molar-refractivity contribution is 7.14. The fourth-order valence-corrected chi connectivity index (χ4v) is 3.90. The van der Waals surface area contributed by atoms with E-state index in [1.807, 2.05) is 72.1 Å². The van der Waals surface area contributed by atoms with Crippen LogP contribution in [0.2, 0.25) is 0 Å². The number of benzene rings is 3. The molecule has 0 spiro atoms. The van der Waals surface area contributed by atoms with Gasteiger partial charge in [0, 0.05) is 22.4 Å². The number of thiazole rings is 1. The van der Waals surface area contributed by atoms with Crippen LogP contribution in [0.25, 0.3) is 33.2 Å². The molecular formula is C23H16N2O3S. The molecular weight excluding hydrogens is 384 g/mol. The number of ether oxygens (including phenoxy) is 1. The second kappa shape index (κ2) is 7.07. The Morgan fingerprint density at radius 3 is 2.69 bits per heavy atom. The zero-order valence-electron chi connectivity index (χ0n) is 15.5. The molecule has 0 atom stereocenters. The summed E-state index contributed by atoms with van der Waals surface area (Å²) < 4.78 is 11.1. The highest BCUT2D eigenvalue weighted by Crippen LogP contribution is 2.32. The number of anilines is 1. The third-order valence-corrected chi connectivity index (χ3v) is 5.47. The summed E-state index contributed by atoms with van der Waals surface area (Å²) >= 11 is 1.36. The van der Waals surface area contributed by atoms with Gasteiger partial charge in [-0.25, -0.2) is 4.98 Å². The molecule has 0 aliphatic heterocycles. The minimum absolute atomic E-state index is 0.189. The molecule has 0 fully saturated rings. The van der Waals surface area contributed by atoms with Crippen molar-refractivity contribution in [2.75, 3.05) is 12.4 Å². The van der Waals surface area contributed by atoms with Crippen molar-refractivity contribution in [3.05, 3.63) is 77.7 Å². The van der Waals surface area contributed by atoms with Gasteiger partial charge in [-0.05, 0) is 41.1 Å². The van der Waals surface area contributed by atoms with Gasteiger partial charge in [0.1, 0.15) is 17.0 Å². The molecule has 0 saturated heterocycles. The Kier molecular flexibility index (Phi) is 4.26. The van der Waals surface area contributed by atoms with E-state index in [0.29, 0.717) is 22.1 Å². The number of fused-ring (bicyclic) bond motifs is 2. The molecule has 0 saturated carbocycles. The first kappa shape index (κ1) is 17.5. The van der Waals surface area contributed by atoms with Gasteiger partial charge in [-0.1, -0.05) is 30.3 Å². The van der Waals surface area contributed by atoms with Crippen molar-refractivity contribution in [1.82, 2.24) is 4.98 Å². The Balaban J connectivity index is 1.38. The molecule has 3 aromatic carbocycles. The summed E-state index contributed by atoms with van der Waals surface area (Å²) in [6, 6.07) is 21.2. The Morgan fingerprint density at radius 1 is 1.00 bits per heavy atom. The third-order valence-electron chi connectivity index (χ3n) is 4.72. The Morgan fingerprint density at radius 2 is 1.83 bits per heavy atom. The Labute approximate surface area is 170 Å².